The first kappa shape index (κ1) is 12.1. The van der Waals surface area contributed by atoms with Gasteiger partial charge >= 0.3 is 6.18 Å². The second-order valence-electron chi connectivity index (χ2n) is 3.67. The maximum Gasteiger partial charge on any atom is 0.420 e. The summed E-state index contributed by atoms with van der Waals surface area (Å²) in [6, 6.07) is 0. The lowest BCUT2D eigenvalue weighted by atomic mass is 10.0. The Hall–Kier alpha value is -0.970. The van der Waals surface area contributed by atoms with Gasteiger partial charge in [0.05, 0.1) is 0 Å². The van der Waals surface area contributed by atoms with E-state index in [0.717, 1.165) is 5.57 Å². The Morgan fingerprint density at radius 2 is 1.80 bits per heavy atom. The van der Waals surface area contributed by atoms with Gasteiger partial charge in [-0.3, -0.25) is 0 Å². The number of nitrogens with zero attached hydrogens (tertiary/aromatic N) is 1. The summed E-state index contributed by atoms with van der Waals surface area (Å²) in [7, 11) is 0. The Kier molecular flexibility index (Phi) is 3.44. The Morgan fingerprint density at radius 1 is 1.33 bits per heavy atom. The zero-order valence-electron chi connectivity index (χ0n) is 8.35. The number of rotatable bonds is 2. The van der Waals surface area contributed by atoms with E-state index in [4.69, 9.17) is 5.11 Å². The van der Waals surface area contributed by atoms with E-state index in [1.807, 2.05) is 0 Å². The fourth-order valence-electron chi connectivity index (χ4n) is 1.47. The van der Waals surface area contributed by atoms with Gasteiger partial charge in [0.1, 0.15) is 0 Å². The minimum atomic E-state index is -4.63. The van der Waals surface area contributed by atoms with Crippen LogP contribution in [-0.2, 0) is 0 Å². The highest BCUT2D eigenvalue weighted by Crippen LogP contribution is 2.28. The maximum atomic E-state index is 12.2. The second kappa shape index (κ2) is 4.26. The molecule has 0 unspecified atom stereocenters. The number of likely N-dealkylation sites (tertiary alicyclic amines) is 1. The summed E-state index contributed by atoms with van der Waals surface area (Å²) in [6.45, 7) is 7.95. The van der Waals surface area contributed by atoms with Gasteiger partial charge in [-0.1, -0.05) is 18.7 Å². The van der Waals surface area contributed by atoms with Crippen molar-refractivity contribution in [2.24, 2.45) is 0 Å². The number of aliphatic hydroxyl groups excluding tert-OH is 1. The molecule has 0 saturated carbocycles. The highest BCUT2D eigenvalue weighted by molar-refractivity contribution is 5.09. The van der Waals surface area contributed by atoms with Gasteiger partial charge in [-0.2, -0.15) is 13.2 Å². The molecule has 0 amide bonds. The van der Waals surface area contributed by atoms with Crippen LogP contribution in [0.15, 0.2) is 24.4 Å². The van der Waals surface area contributed by atoms with Crippen LogP contribution >= 0.6 is 0 Å². The molecule has 0 aliphatic carbocycles. The topological polar surface area (TPSA) is 23.5 Å². The predicted molar refractivity (Wildman–Crippen MR) is 51.1 cm³/mol. The van der Waals surface area contributed by atoms with E-state index in [9.17, 15) is 13.2 Å². The Balaban J connectivity index is 2.58. The molecule has 1 rings (SSSR count). The van der Waals surface area contributed by atoms with Crippen LogP contribution < -0.4 is 0 Å². The molecule has 0 aromatic rings. The molecule has 1 saturated heterocycles. The Bertz CT molecular complexity index is 262. The molecule has 0 aromatic carbocycles. The second-order valence-corrected chi connectivity index (χ2v) is 3.67. The molecule has 1 atom stereocenters. The maximum absolute atomic E-state index is 12.2. The van der Waals surface area contributed by atoms with Crippen LogP contribution in [0.2, 0.25) is 0 Å². The van der Waals surface area contributed by atoms with Crippen LogP contribution in [0, 0.1) is 0 Å². The van der Waals surface area contributed by atoms with E-state index in [2.05, 4.69) is 13.2 Å². The average molecular weight is 221 g/mol. The van der Waals surface area contributed by atoms with Crippen LogP contribution in [0.5, 0.6) is 0 Å². The third-order valence-electron chi connectivity index (χ3n) is 2.50. The van der Waals surface area contributed by atoms with Crippen molar-refractivity contribution < 1.29 is 18.3 Å². The van der Waals surface area contributed by atoms with E-state index in [1.54, 1.807) is 0 Å². The molecule has 86 valence electrons. The fourth-order valence-corrected chi connectivity index (χ4v) is 1.47. The third kappa shape index (κ3) is 2.99. The smallest absolute Gasteiger partial charge is 0.378 e. The molecule has 1 heterocycles. The van der Waals surface area contributed by atoms with Crippen molar-refractivity contribution in [1.29, 1.82) is 0 Å². The highest BCUT2D eigenvalue weighted by Gasteiger charge is 2.41. The average Bonchev–Trinajstić information content (AvgIpc) is 2.15. The molecule has 5 heteroatoms. The van der Waals surface area contributed by atoms with E-state index in [0.29, 0.717) is 25.9 Å². The molecular weight excluding hydrogens is 207 g/mol. The van der Waals surface area contributed by atoms with Crippen LogP contribution in [0.3, 0.4) is 0 Å². The van der Waals surface area contributed by atoms with Crippen molar-refractivity contribution in [3.8, 4) is 0 Å². The lowest BCUT2D eigenvalue weighted by Crippen LogP contribution is -2.40. The predicted octanol–water partition coefficient (Wildman–Crippen LogP) is 2.08. The van der Waals surface area contributed by atoms with E-state index in [-0.39, 0.29) is 5.70 Å². The SMILES string of the molecule is C=C1CCN(C(=C)[C@@H](O)C(F)(F)F)CC1. The first-order valence-electron chi connectivity index (χ1n) is 4.67. The summed E-state index contributed by atoms with van der Waals surface area (Å²) in [6.07, 6.45) is -5.78. The first-order chi connectivity index (χ1) is 6.82. The van der Waals surface area contributed by atoms with Gasteiger partial charge in [-0.25, -0.2) is 0 Å². The number of piperidine rings is 1. The molecule has 1 N–H and O–H groups in total. The van der Waals surface area contributed by atoms with Crippen molar-refractivity contribution in [2.45, 2.75) is 25.1 Å². The fraction of sp³-hybridized carbons (Fsp3) is 0.600. The van der Waals surface area contributed by atoms with Crippen molar-refractivity contribution >= 4 is 0 Å². The summed E-state index contributed by atoms with van der Waals surface area (Å²) in [5, 5.41) is 8.98. The molecular formula is C10H14F3NO. The van der Waals surface area contributed by atoms with E-state index in [1.165, 1.54) is 4.90 Å². The van der Waals surface area contributed by atoms with Gasteiger partial charge in [0.15, 0.2) is 6.10 Å². The zero-order chi connectivity index (χ0) is 11.6. The molecule has 0 radical (unpaired) electrons. The standard InChI is InChI=1S/C10H14F3NO/c1-7-3-5-14(6-4-7)8(2)9(15)10(11,12)13/h9,15H,1-6H2/t9-/m1/s1. The third-order valence-corrected chi connectivity index (χ3v) is 2.50. The first-order valence-corrected chi connectivity index (χ1v) is 4.67. The number of hydrogen-bond donors (Lipinski definition) is 1. The van der Waals surface area contributed by atoms with Gasteiger partial charge in [-0.05, 0) is 12.8 Å². The minimum Gasteiger partial charge on any atom is -0.378 e. The summed E-state index contributed by atoms with van der Waals surface area (Å²) >= 11 is 0. The Labute approximate surface area is 86.7 Å². The normalized spacial score (nSPS) is 20.3. The zero-order valence-corrected chi connectivity index (χ0v) is 8.35. The minimum absolute atomic E-state index is 0.269. The summed E-state index contributed by atoms with van der Waals surface area (Å²) in [4.78, 5) is 1.47. The highest BCUT2D eigenvalue weighted by atomic mass is 19.4. The van der Waals surface area contributed by atoms with Crippen molar-refractivity contribution in [2.75, 3.05) is 13.1 Å². The molecule has 1 aliphatic rings. The molecule has 2 nitrogen and oxygen atoms in total. The molecule has 0 bridgehead atoms. The van der Waals surface area contributed by atoms with Crippen LogP contribution in [0.1, 0.15) is 12.8 Å². The number of aliphatic hydroxyl groups is 1. The molecule has 15 heavy (non-hydrogen) atoms. The molecule has 1 aliphatic heterocycles. The van der Waals surface area contributed by atoms with Gasteiger partial charge in [0, 0.05) is 18.8 Å². The van der Waals surface area contributed by atoms with Gasteiger partial charge in [0.25, 0.3) is 0 Å². The van der Waals surface area contributed by atoms with Gasteiger partial charge in [0.2, 0.25) is 0 Å². The van der Waals surface area contributed by atoms with Gasteiger partial charge < -0.3 is 10.0 Å². The van der Waals surface area contributed by atoms with E-state index >= 15 is 0 Å². The van der Waals surface area contributed by atoms with Crippen LogP contribution in [-0.4, -0.2) is 35.4 Å². The van der Waals surface area contributed by atoms with E-state index < -0.39 is 12.3 Å². The monoisotopic (exact) mass is 221 g/mol. The van der Waals surface area contributed by atoms with Crippen LogP contribution in [0.25, 0.3) is 0 Å². The van der Waals surface area contributed by atoms with Crippen molar-refractivity contribution in [1.82, 2.24) is 4.90 Å². The summed E-state index contributed by atoms with van der Waals surface area (Å²) in [5.41, 5.74) is 0.760. The quantitative estimate of drug-likeness (QED) is 0.721. The lowest BCUT2D eigenvalue weighted by Gasteiger charge is -2.34. The molecule has 1 fully saturated rings. The molecule has 0 aromatic heterocycles. The number of hydrogen-bond acceptors (Lipinski definition) is 2. The number of halogens is 3. The molecule has 0 spiro atoms. The van der Waals surface area contributed by atoms with Crippen LogP contribution in [0.4, 0.5) is 13.2 Å². The summed E-state index contributed by atoms with van der Waals surface area (Å²) < 4.78 is 36.5. The summed E-state index contributed by atoms with van der Waals surface area (Å²) in [5.74, 6) is 0. The Morgan fingerprint density at radius 3 is 2.20 bits per heavy atom. The number of alkyl halides is 3. The lowest BCUT2D eigenvalue weighted by molar-refractivity contribution is -0.196. The van der Waals surface area contributed by atoms with Crippen molar-refractivity contribution in [3.63, 3.8) is 0 Å². The largest absolute Gasteiger partial charge is 0.420 e. The van der Waals surface area contributed by atoms with Crippen molar-refractivity contribution in [3.05, 3.63) is 24.4 Å². The van der Waals surface area contributed by atoms with Gasteiger partial charge in [-0.15, -0.1) is 0 Å².